The standard InChI is InChI=1S/C18H28N2O3S/c1-5-19(6-2)18(21)16-7-9-17(10-8-16)24(22,23)20-12-14(3)11-15(4)13-20/h7-10,14-15H,5-6,11-13H2,1-4H3. The van der Waals surface area contributed by atoms with Crippen molar-refractivity contribution >= 4 is 15.9 Å². The van der Waals surface area contributed by atoms with Crippen LogP contribution in [0.25, 0.3) is 0 Å². The smallest absolute Gasteiger partial charge is 0.253 e. The predicted molar refractivity (Wildman–Crippen MR) is 95.4 cm³/mol. The molecule has 1 saturated heterocycles. The zero-order valence-electron chi connectivity index (χ0n) is 15.0. The van der Waals surface area contributed by atoms with E-state index in [2.05, 4.69) is 13.8 Å². The van der Waals surface area contributed by atoms with Crippen LogP contribution in [0.3, 0.4) is 0 Å². The third-order valence-electron chi connectivity index (χ3n) is 4.63. The Kier molecular flexibility index (Phi) is 6.04. The summed E-state index contributed by atoms with van der Waals surface area (Å²) in [7, 11) is -3.49. The lowest BCUT2D eigenvalue weighted by Crippen LogP contribution is -2.42. The SMILES string of the molecule is CCN(CC)C(=O)c1ccc(S(=O)(=O)N2CC(C)CC(C)C2)cc1. The normalized spacial score (nSPS) is 22.3. The number of nitrogens with zero attached hydrogens (tertiary/aromatic N) is 2. The third kappa shape index (κ3) is 3.98. The minimum absolute atomic E-state index is 0.0656. The third-order valence-corrected chi connectivity index (χ3v) is 6.47. The molecule has 1 aliphatic rings. The van der Waals surface area contributed by atoms with E-state index in [1.165, 1.54) is 0 Å². The summed E-state index contributed by atoms with van der Waals surface area (Å²) in [6, 6.07) is 6.33. The first-order valence-corrected chi connectivity index (χ1v) is 10.1. The Morgan fingerprint density at radius 2 is 1.58 bits per heavy atom. The number of sulfonamides is 1. The number of hydrogen-bond acceptors (Lipinski definition) is 3. The van der Waals surface area contributed by atoms with Crippen LogP contribution in [-0.2, 0) is 10.0 Å². The van der Waals surface area contributed by atoms with Crippen molar-refractivity contribution in [2.24, 2.45) is 11.8 Å². The molecule has 1 aromatic carbocycles. The molecule has 0 aromatic heterocycles. The average molecular weight is 353 g/mol. The second-order valence-corrected chi connectivity index (χ2v) is 8.71. The molecular weight excluding hydrogens is 324 g/mol. The van der Waals surface area contributed by atoms with Gasteiger partial charge in [0.2, 0.25) is 10.0 Å². The van der Waals surface area contributed by atoms with Crippen LogP contribution in [0.2, 0.25) is 0 Å². The zero-order chi connectivity index (χ0) is 17.9. The molecule has 0 N–H and O–H groups in total. The first-order chi connectivity index (χ1) is 11.3. The van der Waals surface area contributed by atoms with Crippen molar-refractivity contribution in [3.8, 4) is 0 Å². The van der Waals surface area contributed by atoms with Gasteiger partial charge in [-0.05, 0) is 56.4 Å². The van der Waals surface area contributed by atoms with Gasteiger partial charge in [-0.1, -0.05) is 13.8 Å². The van der Waals surface area contributed by atoms with Gasteiger partial charge in [-0.2, -0.15) is 4.31 Å². The highest BCUT2D eigenvalue weighted by Crippen LogP contribution is 2.26. The first kappa shape index (κ1) is 18.9. The Balaban J connectivity index is 2.22. The fraction of sp³-hybridized carbons (Fsp3) is 0.611. The Hall–Kier alpha value is -1.40. The van der Waals surface area contributed by atoms with Crippen LogP contribution in [0.1, 0.15) is 44.5 Å². The van der Waals surface area contributed by atoms with Gasteiger partial charge in [-0.15, -0.1) is 0 Å². The van der Waals surface area contributed by atoms with Gasteiger partial charge in [0.25, 0.3) is 5.91 Å². The van der Waals surface area contributed by atoms with Crippen molar-refractivity contribution in [3.63, 3.8) is 0 Å². The van der Waals surface area contributed by atoms with Gasteiger partial charge in [-0.3, -0.25) is 4.79 Å². The highest BCUT2D eigenvalue weighted by molar-refractivity contribution is 7.89. The molecule has 0 radical (unpaired) electrons. The van der Waals surface area contributed by atoms with E-state index in [0.29, 0.717) is 43.6 Å². The number of benzene rings is 1. The summed E-state index contributed by atoms with van der Waals surface area (Å²) in [5.74, 6) is 0.670. The Bertz CT molecular complexity index is 656. The number of amides is 1. The van der Waals surface area contributed by atoms with Crippen LogP contribution in [0.15, 0.2) is 29.2 Å². The van der Waals surface area contributed by atoms with Gasteiger partial charge in [0.15, 0.2) is 0 Å². The van der Waals surface area contributed by atoms with Crippen LogP contribution < -0.4 is 0 Å². The van der Waals surface area contributed by atoms with Crippen LogP contribution in [0, 0.1) is 11.8 Å². The monoisotopic (exact) mass is 352 g/mol. The highest BCUT2D eigenvalue weighted by Gasteiger charge is 2.31. The van der Waals surface area contributed by atoms with Gasteiger partial charge in [-0.25, -0.2) is 8.42 Å². The molecule has 1 heterocycles. The molecule has 2 unspecified atom stereocenters. The van der Waals surface area contributed by atoms with Crippen molar-refractivity contribution in [3.05, 3.63) is 29.8 Å². The summed E-state index contributed by atoms with van der Waals surface area (Å²) in [6.07, 6.45) is 1.06. The second kappa shape index (κ2) is 7.66. The van der Waals surface area contributed by atoms with E-state index >= 15 is 0 Å². The van der Waals surface area contributed by atoms with Crippen LogP contribution >= 0.6 is 0 Å². The molecule has 0 saturated carbocycles. The van der Waals surface area contributed by atoms with Crippen LogP contribution in [0.5, 0.6) is 0 Å². The second-order valence-electron chi connectivity index (χ2n) is 6.77. The maximum absolute atomic E-state index is 12.8. The van der Waals surface area contributed by atoms with E-state index in [9.17, 15) is 13.2 Å². The van der Waals surface area contributed by atoms with E-state index in [1.54, 1.807) is 33.5 Å². The Morgan fingerprint density at radius 1 is 1.08 bits per heavy atom. The average Bonchev–Trinajstić information content (AvgIpc) is 2.55. The molecule has 134 valence electrons. The van der Waals surface area contributed by atoms with Crippen molar-refractivity contribution in [2.75, 3.05) is 26.2 Å². The van der Waals surface area contributed by atoms with E-state index in [0.717, 1.165) is 6.42 Å². The molecule has 1 fully saturated rings. The van der Waals surface area contributed by atoms with Gasteiger partial charge in [0.1, 0.15) is 0 Å². The summed E-state index contributed by atoms with van der Waals surface area (Å²) in [5.41, 5.74) is 0.526. The Labute approximate surface area is 145 Å². The Morgan fingerprint density at radius 3 is 2.04 bits per heavy atom. The predicted octanol–water partition coefficient (Wildman–Crippen LogP) is 2.84. The molecule has 0 aliphatic carbocycles. The van der Waals surface area contributed by atoms with E-state index < -0.39 is 10.0 Å². The number of piperidine rings is 1. The van der Waals surface area contributed by atoms with E-state index in [4.69, 9.17) is 0 Å². The molecule has 0 bridgehead atoms. The summed E-state index contributed by atoms with van der Waals surface area (Å²) < 4.78 is 27.2. The molecule has 5 nitrogen and oxygen atoms in total. The molecule has 2 atom stereocenters. The number of hydrogen-bond donors (Lipinski definition) is 0. The van der Waals surface area contributed by atoms with E-state index in [1.807, 2.05) is 13.8 Å². The van der Waals surface area contributed by atoms with Crippen molar-refractivity contribution in [2.45, 2.75) is 39.0 Å². The van der Waals surface area contributed by atoms with Crippen LogP contribution in [0.4, 0.5) is 0 Å². The maximum Gasteiger partial charge on any atom is 0.253 e. The quantitative estimate of drug-likeness (QED) is 0.819. The largest absolute Gasteiger partial charge is 0.339 e. The van der Waals surface area contributed by atoms with Gasteiger partial charge < -0.3 is 4.90 Å². The zero-order valence-corrected chi connectivity index (χ0v) is 15.8. The van der Waals surface area contributed by atoms with Gasteiger partial charge >= 0.3 is 0 Å². The fourth-order valence-electron chi connectivity index (χ4n) is 3.41. The lowest BCUT2D eigenvalue weighted by Gasteiger charge is -2.34. The fourth-order valence-corrected chi connectivity index (χ4v) is 5.09. The summed E-state index contributed by atoms with van der Waals surface area (Å²) in [5, 5.41) is 0. The molecule has 1 aliphatic heterocycles. The molecule has 0 spiro atoms. The summed E-state index contributed by atoms with van der Waals surface area (Å²) in [4.78, 5) is 14.3. The van der Waals surface area contributed by atoms with Crippen molar-refractivity contribution < 1.29 is 13.2 Å². The summed E-state index contributed by atoms with van der Waals surface area (Å²) in [6.45, 7) is 10.4. The molecular formula is C18H28N2O3S. The molecule has 2 rings (SSSR count). The van der Waals surface area contributed by atoms with Crippen LogP contribution in [-0.4, -0.2) is 49.7 Å². The number of carbonyl (C=O) groups excluding carboxylic acids is 1. The van der Waals surface area contributed by atoms with E-state index in [-0.39, 0.29) is 10.8 Å². The lowest BCUT2D eigenvalue weighted by molar-refractivity contribution is 0.0773. The minimum atomic E-state index is -3.49. The van der Waals surface area contributed by atoms with Crippen molar-refractivity contribution in [1.29, 1.82) is 0 Å². The van der Waals surface area contributed by atoms with Gasteiger partial charge in [0.05, 0.1) is 4.90 Å². The number of rotatable bonds is 5. The minimum Gasteiger partial charge on any atom is -0.339 e. The summed E-state index contributed by atoms with van der Waals surface area (Å²) >= 11 is 0. The first-order valence-electron chi connectivity index (χ1n) is 8.69. The van der Waals surface area contributed by atoms with Gasteiger partial charge in [0, 0.05) is 31.7 Å². The highest BCUT2D eigenvalue weighted by atomic mass is 32.2. The lowest BCUT2D eigenvalue weighted by atomic mass is 9.94. The maximum atomic E-state index is 12.8. The topological polar surface area (TPSA) is 57.7 Å². The molecule has 24 heavy (non-hydrogen) atoms. The molecule has 6 heteroatoms. The van der Waals surface area contributed by atoms with Crippen molar-refractivity contribution in [1.82, 2.24) is 9.21 Å². The molecule has 1 amide bonds. The number of carbonyl (C=O) groups is 1. The molecule has 1 aromatic rings.